The third-order valence-corrected chi connectivity index (χ3v) is 4.54. The molecule has 0 aliphatic heterocycles. The predicted octanol–water partition coefficient (Wildman–Crippen LogP) is 2.74. The van der Waals surface area contributed by atoms with E-state index in [2.05, 4.69) is 5.32 Å². The van der Waals surface area contributed by atoms with Gasteiger partial charge in [-0.05, 0) is 21.9 Å². The zero-order valence-electron chi connectivity index (χ0n) is 15.1. The Morgan fingerprint density at radius 3 is 2.33 bits per heavy atom. The Kier molecular flexibility index (Phi) is 5.84. The summed E-state index contributed by atoms with van der Waals surface area (Å²) in [7, 11) is 1.46. The molecule has 0 aliphatic carbocycles. The molecule has 0 saturated carbocycles. The van der Waals surface area contributed by atoms with E-state index in [1.165, 1.54) is 7.11 Å². The lowest BCUT2D eigenvalue weighted by molar-refractivity contribution is -0.134. The number of hydrogen-bond acceptors (Lipinski definition) is 3. The quantitative estimate of drug-likeness (QED) is 0.678. The van der Waals surface area contributed by atoms with Crippen molar-refractivity contribution in [2.45, 2.75) is 18.6 Å². The lowest BCUT2D eigenvalue weighted by atomic mass is 9.98. The van der Waals surface area contributed by atoms with Gasteiger partial charge in [-0.3, -0.25) is 9.59 Å². The van der Waals surface area contributed by atoms with Crippen molar-refractivity contribution in [3.8, 4) is 0 Å². The van der Waals surface area contributed by atoms with Crippen LogP contribution < -0.4 is 11.1 Å². The summed E-state index contributed by atoms with van der Waals surface area (Å²) in [6, 6.07) is 22.1. The number of fused-ring (bicyclic) bond motifs is 1. The van der Waals surface area contributed by atoms with Crippen molar-refractivity contribution >= 4 is 22.6 Å². The average Bonchev–Trinajstić information content (AvgIpc) is 2.69. The number of carbonyl (C=O) groups is 2. The molecule has 27 heavy (non-hydrogen) atoms. The Balaban J connectivity index is 1.81. The predicted molar refractivity (Wildman–Crippen MR) is 105 cm³/mol. The summed E-state index contributed by atoms with van der Waals surface area (Å²) in [4.78, 5) is 24.7. The van der Waals surface area contributed by atoms with Gasteiger partial charge in [0.25, 0.3) is 5.91 Å². The molecule has 0 heterocycles. The molecule has 0 fully saturated rings. The van der Waals surface area contributed by atoms with E-state index in [4.69, 9.17) is 10.5 Å². The standard InChI is InChI=1S/C22H22N2O3/c1-27-20(16-9-3-2-4-10-16)22(26)24-19(21(23)25)14-17-12-7-11-15-8-5-6-13-18(15)17/h2-13,19-20H,14H2,1H3,(H2,23,25)(H,24,26)/t19-,20+/m1/s1. The molecule has 3 aromatic carbocycles. The molecule has 0 bridgehead atoms. The number of hydrogen-bond donors (Lipinski definition) is 2. The number of amides is 2. The summed E-state index contributed by atoms with van der Waals surface area (Å²) >= 11 is 0. The summed E-state index contributed by atoms with van der Waals surface area (Å²) < 4.78 is 5.34. The molecule has 0 saturated heterocycles. The third-order valence-electron chi connectivity index (χ3n) is 4.54. The fraction of sp³-hybridized carbons (Fsp3) is 0.182. The van der Waals surface area contributed by atoms with E-state index in [1.807, 2.05) is 60.7 Å². The second-order valence-corrected chi connectivity index (χ2v) is 6.33. The Hall–Kier alpha value is -3.18. The summed E-state index contributed by atoms with van der Waals surface area (Å²) in [6.07, 6.45) is -0.492. The van der Waals surface area contributed by atoms with Crippen molar-refractivity contribution in [1.82, 2.24) is 5.32 Å². The molecular formula is C22H22N2O3. The van der Waals surface area contributed by atoms with Gasteiger partial charge < -0.3 is 15.8 Å². The Bertz CT molecular complexity index is 935. The number of methoxy groups -OCH3 is 1. The highest BCUT2D eigenvalue weighted by Crippen LogP contribution is 2.21. The first-order chi connectivity index (χ1) is 13.1. The molecule has 2 amide bonds. The molecule has 2 atom stereocenters. The Labute approximate surface area is 158 Å². The minimum Gasteiger partial charge on any atom is -0.368 e. The monoisotopic (exact) mass is 362 g/mol. The first-order valence-corrected chi connectivity index (χ1v) is 8.74. The van der Waals surface area contributed by atoms with Gasteiger partial charge >= 0.3 is 0 Å². The van der Waals surface area contributed by atoms with Gasteiger partial charge in [-0.1, -0.05) is 72.8 Å². The number of nitrogens with two attached hydrogens (primary N) is 1. The van der Waals surface area contributed by atoms with Crippen LogP contribution in [0.2, 0.25) is 0 Å². The van der Waals surface area contributed by atoms with Gasteiger partial charge in [0.15, 0.2) is 6.10 Å². The molecule has 3 rings (SSSR count). The highest BCUT2D eigenvalue weighted by Gasteiger charge is 2.25. The van der Waals surface area contributed by atoms with Crippen molar-refractivity contribution in [2.75, 3.05) is 7.11 Å². The second kappa shape index (κ2) is 8.47. The van der Waals surface area contributed by atoms with Crippen LogP contribution in [0.4, 0.5) is 0 Å². The van der Waals surface area contributed by atoms with Crippen molar-refractivity contribution in [3.05, 3.63) is 83.9 Å². The van der Waals surface area contributed by atoms with E-state index >= 15 is 0 Å². The summed E-state index contributed by atoms with van der Waals surface area (Å²) in [5.41, 5.74) is 7.23. The second-order valence-electron chi connectivity index (χ2n) is 6.33. The molecule has 0 aromatic heterocycles. The molecular weight excluding hydrogens is 340 g/mol. The van der Waals surface area contributed by atoms with Crippen molar-refractivity contribution < 1.29 is 14.3 Å². The van der Waals surface area contributed by atoms with Crippen LogP contribution in [0, 0.1) is 0 Å². The molecule has 0 aliphatic rings. The third kappa shape index (κ3) is 4.33. The highest BCUT2D eigenvalue weighted by molar-refractivity contribution is 5.91. The van der Waals surface area contributed by atoms with Crippen LogP contribution in [-0.2, 0) is 20.7 Å². The zero-order valence-corrected chi connectivity index (χ0v) is 15.1. The molecule has 138 valence electrons. The molecule has 3 aromatic rings. The number of rotatable bonds is 7. The number of benzene rings is 3. The molecule has 0 radical (unpaired) electrons. The number of nitrogens with one attached hydrogen (secondary N) is 1. The van der Waals surface area contributed by atoms with Crippen LogP contribution in [0.3, 0.4) is 0 Å². The van der Waals surface area contributed by atoms with Gasteiger partial charge in [-0.25, -0.2) is 0 Å². The van der Waals surface area contributed by atoms with E-state index in [0.717, 1.165) is 16.3 Å². The van der Waals surface area contributed by atoms with Crippen LogP contribution >= 0.6 is 0 Å². The van der Waals surface area contributed by atoms with Gasteiger partial charge in [0.1, 0.15) is 6.04 Å². The van der Waals surface area contributed by atoms with Crippen LogP contribution in [0.1, 0.15) is 17.2 Å². The van der Waals surface area contributed by atoms with Crippen molar-refractivity contribution in [2.24, 2.45) is 5.73 Å². The fourth-order valence-corrected chi connectivity index (χ4v) is 3.18. The maximum absolute atomic E-state index is 12.7. The summed E-state index contributed by atoms with van der Waals surface area (Å²) in [6.45, 7) is 0. The zero-order chi connectivity index (χ0) is 19.2. The van der Waals surface area contributed by atoms with Gasteiger partial charge in [0.05, 0.1) is 0 Å². The Morgan fingerprint density at radius 2 is 1.63 bits per heavy atom. The van der Waals surface area contributed by atoms with Gasteiger partial charge in [0.2, 0.25) is 5.91 Å². The summed E-state index contributed by atoms with van der Waals surface area (Å²) in [5, 5.41) is 4.85. The topological polar surface area (TPSA) is 81.4 Å². The van der Waals surface area contributed by atoms with Gasteiger partial charge in [-0.2, -0.15) is 0 Å². The van der Waals surface area contributed by atoms with Gasteiger partial charge in [0, 0.05) is 13.5 Å². The number of ether oxygens (including phenoxy) is 1. The van der Waals surface area contributed by atoms with E-state index in [1.54, 1.807) is 12.1 Å². The molecule has 5 heteroatoms. The van der Waals surface area contributed by atoms with Crippen molar-refractivity contribution in [3.63, 3.8) is 0 Å². The molecule has 5 nitrogen and oxygen atoms in total. The number of carbonyl (C=O) groups excluding carboxylic acids is 2. The lowest BCUT2D eigenvalue weighted by Crippen LogP contribution is -2.47. The maximum Gasteiger partial charge on any atom is 0.254 e. The molecule has 0 unspecified atom stereocenters. The average molecular weight is 362 g/mol. The van der Waals surface area contributed by atoms with E-state index < -0.39 is 24.0 Å². The fourth-order valence-electron chi connectivity index (χ4n) is 3.18. The Morgan fingerprint density at radius 1 is 0.963 bits per heavy atom. The minimum absolute atomic E-state index is 0.313. The highest BCUT2D eigenvalue weighted by atomic mass is 16.5. The molecule has 0 spiro atoms. The number of primary amides is 1. The largest absolute Gasteiger partial charge is 0.368 e. The first kappa shape index (κ1) is 18.6. The van der Waals surface area contributed by atoms with Gasteiger partial charge in [-0.15, -0.1) is 0 Å². The van der Waals surface area contributed by atoms with Crippen LogP contribution in [0.15, 0.2) is 72.8 Å². The molecule has 3 N–H and O–H groups in total. The van der Waals surface area contributed by atoms with Crippen molar-refractivity contribution in [1.29, 1.82) is 0 Å². The summed E-state index contributed by atoms with van der Waals surface area (Å²) in [5.74, 6) is -0.980. The smallest absolute Gasteiger partial charge is 0.254 e. The van der Waals surface area contributed by atoms with Crippen LogP contribution in [0.5, 0.6) is 0 Å². The first-order valence-electron chi connectivity index (χ1n) is 8.74. The van der Waals surface area contributed by atoms with Crippen LogP contribution in [-0.4, -0.2) is 25.0 Å². The van der Waals surface area contributed by atoms with E-state index in [9.17, 15) is 9.59 Å². The van der Waals surface area contributed by atoms with E-state index in [-0.39, 0.29) is 0 Å². The lowest BCUT2D eigenvalue weighted by Gasteiger charge is -2.21. The minimum atomic E-state index is -0.829. The SMILES string of the molecule is CO[C@H](C(=O)N[C@H](Cc1cccc2ccccc12)C(N)=O)c1ccccc1. The normalized spacial score (nSPS) is 13.1. The van der Waals surface area contributed by atoms with E-state index in [0.29, 0.717) is 12.0 Å². The van der Waals surface area contributed by atoms with Crippen LogP contribution in [0.25, 0.3) is 10.8 Å². The maximum atomic E-state index is 12.7.